The van der Waals surface area contributed by atoms with Crippen molar-refractivity contribution in [1.29, 1.82) is 0 Å². The van der Waals surface area contributed by atoms with Crippen molar-refractivity contribution in [1.82, 2.24) is 4.98 Å². The molecular weight excluding hydrogens is 274 g/mol. The molecule has 0 fully saturated rings. The van der Waals surface area contributed by atoms with Gasteiger partial charge in [-0.25, -0.2) is 13.4 Å². The lowest BCUT2D eigenvalue weighted by molar-refractivity contribution is 0.601. The highest BCUT2D eigenvalue weighted by atomic mass is 32.2. The van der Waals surface area contributed by atoms with E-state index in [0.29, 0.717) is 11.5 Å². The first-order valence-electron chi connectivity index (χ1n) is 6.31. The van der Waals surface area contributed by atoms with E-state index in [1.54, 1.807) is 13.1 Å². The van der Waals surface area contributed by atoms with Gasteiger partial charge in [0.25, 0.3) is 10.0 Å². The number of anilines is 2. The van der Waals surface area contributed by atoms with Gasteiger partial charge in [0.05, 0.1) is 10.6 Å². The van der Waals surface area contributed by atoms with E-state index in [2.05, 4.69) is 15.0 Å². The fourth-order valence-electron chi connectivity index (χ4n) is 1.85. The Morgan fingerprint density at radius 3 is 2.65 bits per heavy atom. The van der Waals surface area contributed by atoms with Crippen molar-refractivity contribution >= 4 is 21.5 Å². The maximum atomic E-state index is 12.4. The number of rotatable bonds is 5. The van der Waals surface area contributed by atoms with Crippen molar-refractivity contribution < 1.29 is 8.42 Å². The quantitative estimate of drug-likeness (QED) is 0.888. The van der Waals surface area contributed by atoms with Crippen LogP contribution in [0.25, 0.3) is 0 Å². The lowest BCUT2D eigenvalue weighted by Gasteiger charge is -2.12. The maximum absolute atomic E-state index is 12.4. The zero-order chi connectivity index (χ0) is 14.6. The number of aryl methyl sites for hydroxylation is 1. The molecule has 0 aliphatic heterocycles. The van der Waals surface area contributed by atoms with Crippen LogP contribution >= 0.6 is 0 Å². The average molecular weight is 291 g/mol. The molecule has 2 N–H and O–H groups in total. The Labute approximate surface area is 119 Å². The summed E-state index contributed by atoms with van der Waals surface area (Å²) in [7, 11) is -1.92. The van der Waals surface area contributed by atoms with Gasteiger partial charge in [0.2, 0.25) is 0 Å². The number of sulfonamides is 1. The monoisotopic (exact) mass is 291 g/mol. The lowest BCUT2D eigenvalue weighted by atomic mass is 10.1. The first-order valence-corrected chi connectivity index (χ1v) is 7.79. The third-order valence-electron chi connectivity index (χ3n) is 2.94. The van der Waals surface area contributed by atoms with Crippen LogP contribution in [0.3, 0.4) is 0 Å². The van der Waals surface area contributed by atoms with E-state index in [0.717, 1.165) is 12.0 Å². The van der Waals surface area contributed by atoms with Crippen molar-refractivity contribution in [3.63, 3.8) is 0 Å². The molecule has 0 spiro atoms. The van der Waals surface area contributed by atoms with Crippen LogP contribution in [-0.2, 0) is 16.4 Å². The van der Waals surface area contributed by atoms with Crippen molar-refractivity contribution in [2.45, 2.75) is 18.2 Å². The molecule has 0 saturated carbocycles. The van der Waals surface area contributed by atoms with E-state index in [4.69, 9.17) is 0 Å². The molecule has 0 atom stereocenters. The lowest BCUT2D eigenvalue weighted by Crippen LogP contribution is -2.14. The largest absolute Gasteiger partial charge is 0.373 e. The second-order valence-corrected chi connectivity index (χ2v) is 5.93. The summed E-state index contributed by atoms with van der Waals surface area (Å²) in [6.07, 6.45) is 2.23. The predicted molar refractivity (Wildman–Crippen MR) is 80.4 cm³/mol. The molecule has 0 aliphatic carbocycles. The molecule has 0 aliphatic rings. The maximum Gasteiger partial charge on any atom is 0.262 e. The van der Waals surface area contributed by atoms with Gasteiger partial charge in [0.1, 0.15) is 5.82 Å². The van der Waals surface area contributed by atoms with E-state index < -0.39 is 10.0 Å². The fourth-order valence-corrected chi connectivity index (χ4v) is 2.96. The van der Waals surface area contributed by atoms with Crippen LogP contribution in [0.1, 0.15) is 12.5 Å². The van der Waals surface area contributed by atoms with Crippen LogP contribution < -0.4 is 10.0 Å². The molecule has 0 unspecified atom stereocenters. The molecule has 106 valence electrons. The molecule has 1 aromatic heterocycles. The van der Waals surface area contributed by atoms with Crippen LogP contribution in [0.4, 0.5) is 11.5 Å². The summed E-state index contributed by atoms with van der Waals surface area (Å²) >= 11 is 0. The van der Waals surface area contributed by atoms with Crippen LogP contribution in [-0.4, -0.2) is 20.4 Å². The Kier molecular flexibility index (Phi) is 4.24. The summed E-state index contributed by atoms with van der Waals surface area (Å²) in [6.45, 7) is 1.98. The van der Waals surface area contributed by atoms with E-state index in [1.807, 2.05) is 25.1 Å². The van der Waals surface area contributed by atoms with Gasteiger partial charge >= 0.3 is 0 Å². The zero-order valence-electron chi connectivity index (χ0n) is 11.4. The molecule has 0 saturated heterocycles. The highest BCUT2D eigenvalue weighted by Gasteiger charge is 2.16. The van der Waals surface area contributed by atoms with Crippen LogP contribution in [0, 0.1) is 0 Å². The average Bonchev–Trinajstić information content (AvgIpc) is 2.47. The summed E-state index contributed by atoms with van der Waals surface area (Å²) in [5, 5.41) is 2.82. The first-order chi connectivity index (χ1) is 9.56. The molecule has 0 amide bonds. The van der Waals surface area contributed by atoms with Gasteiger partial charge in [-0.2, -0.15) is 0 Å². The van der Waals surface area contributed by atoms with Gasteiger partial charge in [-0.15, -0.1) is 0 Å². The van der Waals surface area contributed by atoms with Crippen LogP contribution in [0.5, 0.6) is 0 Å². The molecule has 0 radical (unpaired) electrons. The zero-order valence-corrected chi connectivity index (χ0v) is 12.2. The van der Waals surface area contributed by atoms with E-state index in [1.165, 1.54) is 18.3 Å². The predicted octanol–water partition coefficient (Wildman–Crippen LogP) is 2.49. The summed E-state index contributed by atoms with van der Waals surface area (Å²) in [6, 6.07) is 10.3. The summed E-state index contributed by atoms with van der Waals surface area (Å²) < 4.78 is 27.4. The number of aromatic nitrogens is 1. The Balaban J connectivity index is 2.35. The number of hydrogen-bond donors (Lipinski definition) is 2. The van der Waals surface area contributed by atoms with Crippen molar-refractivity contribution in [3.05, 3.63) is 48.2 Å². The van der Waals surface area contributed by atoms with E-state index >= 15 is 0 Å². The third kappa shape index (κ3) is 3.08. The highest BCUT2D eigenvalue weighted by molar-refractivity contribution is 7.92. The number of nitrogens with zero attached hydrogens (tertiary/aromatic N) is 1. The highest BCUT2D eigenvalue weighted by Crippen LogP contribution is 2.21. The fraction of sp³-hybridized carbons (Fsp3) is 0.214. The molecule has 1 aromatic carbocycles. The molecule has 0 bridgehead atoms. The van der Waals surface area contributed by atoms with Crippen molar-refractivity contribution in [2.75, 3.05) is 17.1 Å². The van der Waals surface area contributed by atoms with Crippen LogP contribution in [0.2, 0.25) is 0 Å². The number of benzene rings is 1. The molecular formula is C14H17N3O2S. The Hall–Kier alpha value is -2.08. The van der Waals surface area contributed by atoms with E-state index in [9.17, 15) is 8.42 Å². The number of pyridine rings is 1. The van der Waals surface area contributed by atoms with Gasteiger partial charge in [-0.1, -0.05) is 25.1 Å². The molecule has 6 heteroatoms. The number of nitrogens with one attached hydrogen (secondary N) is 2. The smallest absolute Gasteiger partial charge is 0.262 e. The van der Waals surface area contributed by atoms with Gasteiger partial charge < -0.3 is 5.32 Å². The Morgan fingerprint density at radius 2 is 1.95 bits per heavy atom. The molecule has 2 rings (SSSR count). The second-order valence-electron chi connectivity index (χ2n) is 4.24. The Morgan fingerprint density at radius 1 is 1.20 bits per heavy atom. The second kappa shape index (κ2) is 5.92. The summed E-state index contributed by atoms with van der Waals surface area (Å²) in [5.74, 6) is 0.511. The first kappa shape index (κ1) is 14.3. The molecule has 1 heterocycles. The van der Waals surface area contributed by atoms with Gasteiger partial charge in [-0.05, 0) is 24.1 Å². The summed E-state index contributed by atoms with van der Waals surface area (Å²) in [5.41, 5.74) is 1.57. The van der Waals surface area contributed by atoms with Gasteiger partial charge in [0.15, 0.2) is 0 Å². The SMILES string of the molecule is CCc1ccccc1NS(=O)(=O)c1ccnc(NC)c1. The topological polar surface area (TPSA) is 71.1 Å². The van der Waals surface area contributed by atoms with Gasteiger partial charge in [0, 0.05) is 19.3 Å². The third-order valence-corrected chi connectivity index (χ3v) is 4.30. The van der Waals surface area contributed by atoms with Crippen molar-refractivity contribution in [2.24, 2.45) is 0 Å². The van der Waals surface area contributed by atoms with Crippen LogP contribution in [0.15, 0.2) is 47.5 Å². The molecule has 5 nitrogen and oxygen atoms in total. The van der Waals surface area contributed by atoms with E-state index in [-0.39, 0.29) is 4.90 Å². The van der Waals surface area contributed by atoms with Gasteiger partial charge in [-0.3, -0.25) is 4.72 Å². The standard InChI is InChI=1S/C14H17N3O2S/c1-3-11-6-4-5-7-13(11)17-20(18,19)12-8-9-16-14(10-12)15-2/h4-10,17H,3H2,1-2H3,(H,15,16). The normalized spacial score (nSPS) is 11.1. The van der Waals surface area contributed by atoms with Crippen molar-refractivity contribution in [3.8, 4) is 0 Å². The Bertz CT molecular complexity index is 699. The number of para-hydroxylation sites is 1. The minimum Gasteiger partial charge on any atom is -0.373 e. The molecule has 2 aromatic rings. The number of hydrogen-bond acceptors (Lipinski definition) is 4. The molecule has 20 heavy (non-hydrogen) atoms. The minimum absolute atomic E-state index is 0.183. The minimum atomic E-state index is -3.61. The summed E-state index contributed by atoms with van der Waals surface area (Å²) in [4.78, 5) is 4.19.